The first-order chi connectivity index (χ1) is 20.1. The molecule has 2 heterocycles. The van der Waals surface area contributed by atoms with Gasteiger partial charge in [0, 0.05) is 20.6 Å². The predicted octanol–water partition coefficient (Wildman–Crippen LogP) is 6.95. The number of thiazole rings is 1. The van der Waals surface area contributed by atoms with Gasteiger partial charge in [0.25, 0.3) is 5.56 Å². The molecule has 0 spiro atoms. The molecule has 0 fully saturated rings. The Morgan fingerprint density at radius 1 is 1.00 bits per heavy atom. The van der Waals surface area contributed by atoms with Crippen LogP contribution >= 0.6 is 46.1 Å². The standard InChI is InChI=1S/C32H27Cl3N2O4S/c1-5-40-31(39)27-19(4)36-32-37(28(27)21-6-9-23(33)10-7-21)30(38)26(42-32)14-20-12-17(2)29(18(3)13-20)41-16-22-8-11-24(34)15-25(22)35/h6-15,28H,5,16H2,1-4H3/b26-14-/t28-/m0/s1. The SMILES string of the molecule is CCOC(=O)C1=C(C)N=c2s/c(=C\c3cc(C)c(OCc4ccc(Cl)cc4Cl)c(C)c3)c(=O)n2[C@H]1c1ccc(Cl)cc1. The van der Waals surface area contributed by atoms with Gasteiger partial charge in [0.2, 0.25) is 0 Å². The average molecular weight is 642 g/mol. The number of aryl methyl sites for hydroxylation is 2. The minimum Gasteiger partial charge on any atom is -0.488 e. The summed E-state index contributed by atoms with van der Waals surface area (Å²) >= 11 is 19.7. The van der Waals surface area contributed by atoms with Crippen LogP contribution in [0.2, 0.25) is 15.1 Å². The molecule has 0 bridgehead atoms. The Bertz CT molecular complexity index is 1890. The number of fused-ring (bicyclic) bond motifs is 1. The van der Waals surface area contributed by atoms with Gasteiger partial charge in [-0.15, -0.1) is 0 Å². The summed E-state index contributed by atoms with van der Waals surface area (Å²) in [5, 5.41) is 1.67. The van der Waals surface area contributed by atoms with Crippen LogP contribution in [0.4, 0.5) is 0 Å². The Morgan fingerprint density at radius 3 is 2.31 bits per heavy atom. The molecule has 10 heteroatoms. The molecule has 6 nitrogen and oxygen atoms in total. The summed E-state index contributed by atoms with van der Waals surface area (Å²) in [6.07, 6.45) is 1.84. The van der Waals surface area contributed by atoms with Crippen LogP contribution in [-0.2, 0) is 16.1 Å². The maximum atomic E-state index is 13.9. The van der Waals surface area contributed by atoms with Crippen LogP contribution in [0.5, 0.6) is 5.75 Å². The van der Waals surface area contributed by atoms with Gasteiger partial charge in [-0.05, 0) is 92.4 Å². The van der Waals surface area contributed by atoms with Gasteiger partial charge in [-0.1, -0.05) is 64.3 Å². The number of benzene rings is 3. The van der Waals surface area contributed by atoms with Crippen molar-refractivity contribution in [3.05, 3.63) is 128 Å². The minimum atomic E-state index is -0.696. The van der Waals surface area contributed by atoms with E-state index in [2.05, 4.69) is 4.99 Å². The maximum absolute atomic E-state index is 13.9. The molecule has 0 N–H and O–H groups in total. The topological polar surface area (TPSA) is 69.9 Å². The van der Waals surface area contributed by atoms with Crippen molar-refractivity contribution in [3.8, 4) is 5.75 Å². The van der Waals surface area contributed by atoms with Crippen LogP contribution < -0.4 is 19.6 Å². The van der Waals surface area contributed by atoms with E-state index in [0.29, 0.717) is 42.3 Å². The summed E-state index contributed by atoms with van der Waals surface area (Å²) in [6, 6.07) is 15.6. The number of hydrogen-bond donors (Lipinski definition) is 0. The molecule has 216 valence electrons. The quantitative estimate of drug-likeness (QED) is 0.205. The van der Waals surface area contributed by atoms with Gasteiger partial charge in [-0.2, -0.15) is 0 Å². The summed E-state index contributed by atoms with van der Waals surface area (Å²) < 4.78 is 13.5. The highest BCUT2D eigenvalue weighted by Crippen LogP contribution is 2.32. The molecule has 0 saturated heterocycles. The number of aromatic nitrogens is 1. The maximum Gasteiger partial charge on any atom is 0.338 e. The zero-order valence-electron chi connectivity index (χ0n) is 23.3. The fraction of sp³-hybridized carbons (Fsp3) is 0.219. The molecule has 5 rings (SSSR count). The highest BCUT2D eigenvalue weighted by atomic mass is 35.5. The molecular formula is C32H27Cl3N2O4S. The zero-order valence-corrected chi connectivity index (χ0v) is 26.4. The fourth-order valence-electron chi connectivity index (χ4n) is 4.99. The third-order valence-corrected chi connectivity index (χ3v) is 8.69. The third kappa shape index (κ3) is 6.06. The molecule has 0 aliphatic carbocycles. The van der Waals surface area contributed by atoms with Crippen molar-refractivity contribution in [1.29, 1.82) is 0 Å². The molecule has 1 aliphatic heterocycles. The Balaban J connectivity index is 1.54. The lowest BCUT2D eigenvalue weighted by Gasteiger charge is -2.24. The van der Waals surface area contributed by atoms with Gasteiger partial charge in [-0.25, -0.2) is 9.79 Å². The second-order valence-electron chi connectivity index (χ2n) is 9.86. The lowest BCUT2D eigenvalue weighted by atomic mass is 9.96. The van der Waals surface area contributed by atoms with E-state index in [4.69, 9.17) is 44.3 Å². The van der Waals surface area contributed by atoms with Gasteiger partial charge in [0.15, 0.2) is 4.80 Å². The largest absolute Gasteiger partial charge is 0.488 e. The number of ether oxygens (including phenoxy) is 2. The van der Waals surface area contributed by atoms with Crippen molar-refractivity contribution >= 4 is 58.2 Å². The zero-order chi connectivity index (χ0) is 30.1. The number of carbonyl (C=O) groups is 1. The van der Waals surface area contributed by atoms with Gasteiger partial charge in [-0.3, -0.25) is 9.36 Å². The first kappa shape index (κ1) is 30.1. The molecule has 1 aromatic heterocycles. The minimum absolute atomic E-state index is 0.207. The van der Waals surface area contributed by atoms with E-state index in [1.54, 1.807) is 42.7 Å². The lowest BCUT2D eigenvalue weighted by molar-refractivity contribution is -0.139. The van der Waals surface area contributed by atoms with E-state index in [1.165, 1.54) is 11.3 Å². The average Bonchev–Trinajstić information content (AvgIpc) is 3.23. The smallest absolute Gasteiger partial charge is 0.338 e. The Labute approximate surface area is 262 Å². The van der Waals surface area contributed by atoms with Gasteiger partial charge >= 0.3 is 5.97 Å². The number of allylic oxidation sites excluding steroid dienone is 1. The number of nitrogens with zero attached hydrogens (tertiary/aromatic N) is 2. The molecule has 42 heavy (non-hydrogen) atoms. The summed E-state index contributed by atoms with van der Waals surface area (Å²) in [5.41, 5.74) is 4.83. The van der Waals surface area contributed by atoms with Gasteiger partial charge < -0.3 is 9.47 Å². The van der Waals surface area contributed by atoms with E-state index in [0.717, 1.165) is 33.6 Å². The number of carbonyl (C=O) groups excluding carboxylic acids is 1. The van der Waals surface area contributed by atoms with Crippen LogP contribution in [0.15, 0.2) is 75.7 Å². The van der Waals surface area contributed by atoms with E-state index in [-0.39, 0.29) is 12.2 Å². The Morgan fingerprint density at radius 2 is 1.67 bits per heavy atom. The molecule has 1 atom stereocenters. The van der Waals surface area contributed by atoms with Crippen LogP contribution in [0, 0.1) is 13.8 Å². The van der Waals surface area contributed by atoms with Crippen LogP contribution in [0.1, 0.15) is 47.7 Å². The summed E-state index contributed by atoms with van der Waals surface area (Å²) in [4.78, 5) is 32.1. The van der Waals surface area contributed by atoms with Crippen molar-refractivity contribution in [1.82, 2.24) is 4.57 Å². The van der Waals surface area contributed by atoms with Gasteiger partial charge in [0.05, 0.1) is 28.5 Å². The molecule has 0 radical (unpaired) electrons. The molecule has 0 saturated carbocycles. The predicted molar refractivity (Wildman–Crippen MR) is 169 cm³/mol. The fourth-order valence-corrected chi connectivity index (χ4v) is 6.62. The summed E-state index contributed by atoms with van der Waals surface area (Å²) in [6.45, 7) is 7.92. The van der Waals surface area contributed by atoms with Crippen molar-refractivity contribution in [3.63, 3.8) is 0 Å². The van der Waals surface area contributed by atoms with Crippen molar-refractivity contribution in [2.24, 2.45) is 4.99 Å². The first-order valence-corrected chi connectivity index (χ1v) is 15.2. The highest BCUT2D eigenvalue weighted by molar-refractivity contribution is 7.07. The van der Waals surface area contributed by atoms with E-state index >= 15 is 0 Å². The number of hydrogen-bond acceptors (Lipinski definition) is 6. The van der Waals surface area contributed by atoms with Crippen molar-refractivity contribution in [2.75, 3.05) is 6.61 Å². The molecule has 0 amide bonds. The highest BCUT2D eigenvalue weighted by Gasteiger charge is 2.33. The molecule has 4 aromatic rings. The second-order valence-corrected chi connectivity index (χ2v) is 12.2. The van der Waals surface area contributed by atoms with Crippen molar-refractivity contribution in [2.45, 2.75) is 40.3 Å². The molecule has 3 aromatic carbocycles. The van der Waals surface area contributed by atoms with Gasteiger partial charge in [0.1, 0.15) is 12.4 Å². The monoisotopic (exact) mass is 640 g/mol. The van der Waals surface area contributed by atoms with Crippen molar-refractivity contribution < 1.29 is 14.3 Å². The summed E-state index contributed by atoms with van der Waals surface area (Å²) in [7, 11) is 0. The number of esters is 1. The second kappa shape index (κ2) is 12.5. The number of rotatable bonds is 7. The Hall–Kier alpha value is -3.36. The van der Waals surface area contributed by atoms with E-state index in [1.807, 2.05) is 50.3 Å². The lowest BCUT2D eigenvalue weighted by Crippen LogP contribution is -2.39. The molecule has 0 unspecified atom stereocenters. The normalized spacial score (nSPS) is 14.9. The van der Waals surface area contributed by atoms with E-state index in [9.17, 15) is 9.59 Å². The molecule has 1 aliphatic rings. The molecular weight excluding hydrogens is 615 g/mol. The Kier molecular flexibility index (Phi) is 8.94. The van der Waals surface area contributed by atoms with E-state index < -0.39 is 12.0 Å². The van der Waals surface area contributed by atoms with Crippen LogP contribution in [0.25, 0.3) is 6.08 Å². The first-order valence-electron chi connectivity index (χ1n) is 13.2. The third-order valence-electron chi connectivity index (χ3n) is 6.87. The van der Waals surface area contributed by atoms with Crippen LogP contribution in [0.3, 0.4) is 0 Å². The van der Waals surface area contributed by atoms with Crippen LogP contribution in [-0.4, -0.2) is 17.1 Å². The summed E-state index contributed by atoms with van der Waals surface area (Å²) in [5.74, 6) is 0.242. The number of halogens is 3.